The van der Waals surface area contributed by atoms with Crippen molar-refractivity contribution in [2.45, 2.75) is 44.5 Å². The minimum absolute atomic E-state index is 0.0710. The topological polar surface area (TPSA) is 66.9 Å². The summed E-state index contributed by atoms with van der Waals surface area (Å²) in [5, 5.41) is 5.46. The molecule has 0 aliphatic carbocycles. The number of aromatic nitrogens is 1. The van der Waals surface area contributed by atoms with Gasteiger partial charge in [0, 0.05) is 37.8 Å². The van der Waals surface area contributed by atoms with E-state index in [2.05, 4.69) is 20.1 Å². The molecule has 3 aliphatic heterocycles. The molecule has 1 N–H and O–H groups in total. The van der Waals surface area contributed by atoms with E-state index in [4.69, 9.17) is 21.1 Å². The Morgan fingerprint density at radius 1 is 1.15 bits per heavy atom. The number of ether oxygens (including phenoxy) is 2. The second kappa shape index (κ2) is 8.90. The van der Waals surface area contributed by atoms with Gasteiger partial charge in [0.15, 0.2) is 0 Å². The maximum absolute atomic E-state index is 14.4. The van der Waals surface area contributed by atoms with E-state index in [9.17, 15) is 9.18 Å². The molecule has 184 valence electrons. The van der Waals surface area contributed by atoms with Crippen LogP contribution in [0.1, 0.15) is 27.2 Å². The highest BCUT2D eigenvalue weighted by molar-refractivity contribution is 6.34. The number of piperazine rings is 1. The summed E-state index contributed by atoms with van der Waals surface area (Å²) in [7, 11) is 0. The second-order valence-corrected chi connectivity index (χ2v) is 10.9. The number of amides is 1. The lowest BCUT2D eigenvalue weighted by molar-refractivity contribution is -0.119. The zero-order valence-electron chi connectivity index (χ0n) is 19.9. The highest BCUT2D eigenvalue weighted by Crippen LogP contribution is 2.35. The van der Waals surface area contributed by atoms with Gasteiger partial charge in [0.2, 0.25) is 5.91 Å². The molecule has 0 unspecified atom stereocenters. The van der Waals surface area contributed by atoms with E-state index in [1.807, 2.05) is 39.0 Å². The van der Waals surface area contributed by atoms with E-state index in [1.165, 1.54) is 0 Å². The Bertz CT molecular complexity index is 1090. The largest absolute Gasteiger partial charge is 0.376 e. The molecule has 1 aromatic heterocycles. The average molecular weight is 491 g/mol. The van der Waals surface area contributed by atoms with E-state index in [0.29, 0.717) is 30.5 Å². The predicted molar refractivity (Wildman–Crippen MR) is 131 cm³/mol. The normalized spacial score (nSPS) is 29.6. The first kappa shape index (κ1) is 23.7. The number of carbonyl (C=O) groups is 1. The van der Waals surface area contributed by atoms with Crippen LogP contribution in [0.3, 0.4) is 0 Å². The van der Waals surface area contributed by atoms with Gasteiger partial charge in [-0.15, -0.1) is 0 Å². The molecule has 0 spiro atoms. The van der Waals surface area contributed by atoms with Gasteiger partial charge in [-0.25, -0.2) is 9.37 Å². The number of alkyl halides is 1. The summed E-state index contributed by atoms with van der Waals surface area (Å²) in [5.74, 6) is 0.266. The average Bonchev–Trinajstić information content (AvgIpc) is 3.35. The molecule has 3 fully saturated rings. The quantitative estimate of drug-likeness (QED) is 0.701. The van der Waals surface area contributed by atoms with Crippen LogP contribution < -0.4 is 10.2 Å². The molecule has 3 atom stereocenters. The summed E-state index contributed by atoms with van der Waals surface area (Å²) in [6.45, 7) is 9.95. The van der Waals surface area contributed by atoms with Crippen molar-refractivity contribution in [2.75, 3.05) is 56.2 Å². The number of nitrogens with one attached hydrogen (secondary N) is 1. The molecule has 9 heteroatoms. The number of hydrogen-bond donors (Lipinski definition) is 1. The van der Waals surface area contributed by atoms with Crippen molar-refractivity contribution in [3.63, 3.8) is 0 Å². The lowest BCUT2D eigenvalue weighted by Gasteiger charge is -2.44. The van der Waals surface area contributed by atoms with E-state index in [1.54, 1.807) is 6.20 Å². The first-order chi connectivity index (χ1) is 16.1. The third-order valence-electron chi connectivity index (χ3n) is 7.50. The van der Waals surface area contributed by atoms with Crippen molar-refractivity contribution in [3.8, 4) is 0 Å². The first-order valence-electron chi connectivity index (χ1n) is 11.9. The minimum atomic E-state index is -0.966. The summed E-state index contributed by atoms with van der Waals surface area (Å²) < 4.78 is 25.5. The predicted octanol–water partition coefficient (Wildman–Crippen LogP) is 3.89. The van der Waals surface area contributed by atoms with E-state index < -0.39 is 11.7 Å². The van der Waals surface area contributed by atoms with Crippen molar-refractivity contribution >= 4 is 39.8 Å². The lowest BCUT2D eigenvalue weighted by Crippen LogP contribution is -2.59. The van der Waals surface area contributed by atoms with Gasteiger partial charge in [0.05, 0.1) is 47.6 Å². The third-order valence-corrected chi connectivity index (χ3v) is 7.80. The molecule has 3 aliphatic rings. The molecule has 0 saturated carbocycles. The van der Waals surface area contributed by atoms with Crippen molar-refractivity contribution in [1.82, 2.24) is 9.88 Å². The van der Waals surface area contributed by atoms with Crippen molar-refractivity contribution in [2.24, 2.45) is 5.92 Å². The summed E-state index contributed by atoms with van der Waals surface area (Å²) in [6.07, 6.45) is 1.45. The van der Waals surface area contributed by atoms with Crippen LogP contribution in [-0.2, 0) is 14.3 Å². The van der Waals surface area contributed by atoms with Gasteiger partial charge in [-0.3, -0.25) is 9.69 Å². The Balaban J connectivity index is 1.30. The van der Waals surface area contributed by atoms with Crippen LogP contribution in [0.2, 0.25) is 5.02 Å². The maximum Gasteiger partial charge on any atom is 0.231 e. The SMILES string of the molecule is CC1(C)C[C@@H](C(=O)Nc2cc3cc(N4CCN([C@]5(C)COC[C@@H]5F)CC4)c(Cl)cc3cn2)CO1. The van der Waals surface area contributed by atoms with Gasteiger partial charge in [0.25, 0.3) is 0 Å². The number of hydrogen-bond acceptors (Lipinski definition) is 6. The van der Waals surface area contributed by atoms with E-state index in [0.717, 1.165) is 42.6 Å². The molecule has 7 nitrogen and oxygen atoms in total. The van der Waals surface area contributed by atoms with Gasteiger partial charge >= 0.3 is 0 Å². The van der Waals surface area contributed by atoms with E-state index >= 15 is 0 Å². The van der Waals surface area contributed by atoms with Crippen LogP contribution in [0.15, 0.2) is 24.4 Å². The molecule has 2 aromatic rings. The Kier molecular flexibility index (Phi) is 6.21. The molecule has 3 saturated heterocycles. The molecule has 4 heterocycles. The zero-order chi connectivity index (χ0) is 24.1. The van der Waals surface area contributed by atoms with Gasteiger partial charge < -0.3 is 19.7 Å². The fourth-order valence-electron chi connectivity index (χ4n) is 5.29. The fourth-order valence-corrected chi connectivity index (χ4v) is 5.58. The fraction of sp³-hybridized carbons (Fsp3) is 0.600. The zero-order valence-corrected chi connectivity index (χ0v) is 20.7. The van der Waals surface area contributed by atoms with Crippen molar-refractivity contribution in [1.29, 1.82) is 0 Å². The van der Waals surface area contributed by atoms with Crippen LogP contribution >= 0.6 is 11.6 Å². The Morgan fingerprint density at radius 2 is 1.91 bits per heavy atom. The minimum Gasteiger partial charge on any atom is -0.376 e. The summed E-state index contributed by atoms with van der Waals surface area (Å²) in [5.41, 5.74) is 0.104. The first-order valence-corrected chi connectivity index (χ1v) is 12.3. The Hall–Kier alpha value is -2.00. The summed E-state index contributed by atoms with van der Waals surface area (Å²) in [4.78, 5) is 21.5. The molecule has 34 heavy (non-hydrogen) atoms. The van der Waals surface area contributed by atoms with Crippen LogP contribution in [0.4, 0.5) is 15.9 Å². The number of anilines is 2. The number of halogens is 2. The van der Waals surface area contributed by atoms with Gasteiger partial charge in [-0.05, 0) is 50.8 Å². The number of benzene rings is 1. The number of fused-ring (bicyclic) bond motifs is 1. The van der Waals surface area contributed by atoms with E-state index in [-0.39, 0.29) is 24.0 Å². The van der Waals surface area contributed by atoms with Crippen molar-refractivity contribution < 1.29 is 18.7 Å². The van der Waals surface area contributed by atoms with Gasteiger partial charge in [-0.1, -0.05) is 11.6 Å². The third kappa shape index (κ3) is 4.49. The van der Waals surface area contributed by atoms with Gasteiger partial charge in [-0.2, -0.15) is 0 Å². The second-order valence-electron chi connectivity index (χ2n) is 10.5. The van der Waals surface area contributed by atoms with Crippen LogP contribution in [0.25, 0.3) is 10.8 Å². The molecule has 1 amide bonds. The lowest BCUT2D eigenvalue weighted by atomic mass is 9.96. The highest BCUT2D eigenvalue weighted by atomic mass is 35.5. The molecule has 0 bridgehead atoms. The van der Waals surface area contributed by atoms with Crippen LogP contribution in [0.5, 0.6) is 0 Å². The van der Waals surface area contributed by atoms with Gasteiger partial charge in [0.1, 0.15) is 12.0 Å². The summed E-state index contributed by atoms with van der Waals surface area (Å²) in [6, 6.07) is 5.84. The standard InChI is InChI=1S/C25H32ClFN4O3/c1-24(2)11-18(13-34-24)23(32)29-22-10-16-9-20(19(26)8-17(16)12-28-22)30-4-6-31(7-5-30)25(3)15-33-14-21(25)27/h8-10,12,18,21H,4-7,11,13-15H2,1-3H3,(H,28,29,32)/t18-,21+,25-/m1/s1. The maximum atomic E-state index is 14.4. The molecule has 0 radical (unpaired) electrons. The molecular weight excluding hydrogens is 459 g/mol. The Morgan fingerprint density at radius 3 is 2.56 bits per heavy atom. The monoisotopic (exact) mass is 490 g/mol. The number of pyridine rings is 1. The number of rotatable bonds is 4. The molecule has 1 aromatic carbocycles. The molecular formula is C25H32ClFN4O3. The Labute approximate surface area is 204 Å². The highest BCUT2D eigenvalue weighted by Gasteiger charge is 2.46. The number of carbonyl (C=O) groups excluding carboxylic acids is 1. The summed E-state index contributed by atoms with van der Waals surface area (Å²) >= 11 is 6.64. The van der Waals surface area contributed by atoms with Crippen molar-refractivity contribution in [3.05, 3.63) is 29.4 Å². The van der Waals surface area contributed by atoms with Crippen LogP contribution in [-0.4, -0.2) is 79.1 Å². The molecule has 5 rings (SSSR count). The smallest absolute Gasteiger partial charge is 0.231 e. The van der Waals surface area contributed by atoms with Crippen LogP contribution in [0, 0.1) is 5.92 Å². The number of nitrogens with zero attached hydrogens (tertiary/aromatic N) is 3.